The summed E-state index contributed by atoms with van der Waals surface area (Å²) in [6.45, 7) is 11.6. The molecule has 280 valence electrons. The van der Waals surface area contributed by atoms with E-state index in [1.807, 2.05) is 77.9 Å². The van der Waals surface area contributed by atoms with Gasteiger partial charge in [0.15, 0.2) is 0 Å². The molecule has 0 radical (unpaired) electrons. The van der Waals surface area contributed by atoms with Gasteiger partial charge < -0.3 is 20.1 Å². The number of carbonyl (C=O) groups excluding carboxylic acids is 4. The topological polar surface area (TPSA) is 152 Å². The first-order chi connectivity index (χ1) is 24.3. The molecule has 0 bridgehead atoms. The molecule has 0 aliphatic carbocycles. The largest absolute Gasteiger partial charge is 0.442 e. The zero-order valence-electron chi connectivity index (χ0n) is 29.7. The maximum absolute atomic E-state index is 12.1. The summed E-state index contributed by atoms with van der Waals surface area (Å²) in [5.74, 6) is 0.0884. The average Bonchev–Trinajstić information content (AvgIpc) is 3.82. The maximum Gasteiger partial charge on any atom is 0.435 e. The lowest BCUT2D eigenvalue weighted by atomic mass is 10.1. The molecule has 5 rings (SSSR count). The van der Waals surface area contributed by atoms with E-state index in [1.54, 1.807) is 41.8 Å². The maximum atomic E-state index is 12.1. The van der Waals surface area contributed by atoms with Crippen molar-refractivity contribution in [2.75, 3.05) is 22.5 Å². The monoisotopic (exact) mass is 926 g/mol. The standard InChI is InChI=1S/C18H20BrN3O3.C14H17N3O2.C4H5Br2ClO/c1-18(2,3)25-17(24)22-11-13(10-20-22)12-4-6-14(7-5-12)21-9-8-15(19)16(21)23;1-14(2,3)19-13(18)17-9-11(8-16-17)10-4-6-12(15)7-5-10;5-2-1-3(6)4(7)8/h4-7,10-11,15H,8-9H2,1-3H3;4-9H,15H2,1-3H3;3H,1-2H2. The number of aromatic nitrogens is 4. The molecule has 2 aromatic heterocycles. The van der Waals surface area contributed by atoms with E-state index in [1.165, 1.54) is 9.36 Å². The van der Waals surface area contributed by atoms with Gasteiger partial charge in [-0.1, -0.05) is 72.1 Å². The second-order valence-electron chi connectivity index (χ2n) is 13.5. The van der Waals surface area contributed by atoms with Gasteiger partial charge in [0.05, 0.1) is 22.0 Å². The molecular weight excluding hydrogens is 888 g/mol. The molecule has 1 amide bonds. The van der Waals surface area contributed by atoms with Crippen LogP contribution in [0.5, 0.6) is 0 Å². The smallest absolute Gasteiger partial charge is 0.435 e. The Balaban J connectivity index is 0.000000238. The lowest BCUT2D eigenvalue weighted by Gasteiger charge is -2.18. The minimum Gasteiger partial charge on any atom is -0.442 e. The van der Waals surface area contributed by atoms with Crippen LogP contribution in [-0.2, 0) is 19.1 Å². The van der Waals surface area contributed by atoms with Crippen molar-refractivity contribution >= 4 is 94.1 Å². The highest BCUT2D eigenvalue weighted by molar-refractivity contribution is 9.10. The summed E-state index contributed by atoms with van der Waals surface area (Å²) < 4.78 is 12.9. The van der Waals surface area contributed by atoms with E-state index < -0.39 is 23.4 Å². The number of benzene rings is 2. The predicted octanol–water partition coefficient (Wildman–Crippen LogP) is 9.05. The zero-order chi connectivity index (χ0) is 38.8. The van der Waals surface area contributed by atoms with Gasteiger partial charge in [-0.05, 0) is 101 Å². The molecular formula is C36H42Br3ClN6O6. The molecule has 4 aromatic rings. The van der Waals surface area contributed by atoms with Crippen LogP contribution in [0.1, 0.15) is 54.4 Å². The molecule has 2 aromatic carbocycles. The summed E-state index contributed by atoms with van der Waals surface area (Å²) >= 11 is 14.8. The van der Waals surface area contributed by atoms with Crippen LogP contribution in [0, 0.1) is 0 Å². The Morgan fingerprint density at radius 3 is 1.63 bits per heavy atom. The van der Waals surface area contributed by atoms with Gasteiger partial charge in [0.25, 0.3) is 0 Å². The van der Waals surface area contributed by atoms with E-state index >= 15 is 0 Å². The van der Waals surface area contributed by atoms with E-state index in [2.05, 4.69) is 58.0 Å². The third-order valence-electron chi connectivity index (χ3n) is 6.83. The van der Waals surface area contributed by atoms with Gasteiger partial charge >= 0.3 is 12.2 Å². The minimum atomic E-state index is -0.569. The van der Waals surface area contributed by atoms with Crippen molar-refractivity contribution < 1.29 is 28.7 Å². The second-order valence-corrected chi connectivity index (χ2v) is 16.8. The van der Waals surface area contributed by atoms with E-state index in [9.17, 15) is 19.2 Å². The molecule has 2 N–H and O–H groups in total. The van der Waals surface area contributed by atoms with Crippen molar-refractivity contribution in [2.24, 2.45) is 0 Å². The third-order valence-corrected chi connectivity index (χ3v) is 9.54. The summed E-state index contributed by atoms with van der Waals surface area (Å²) in [5, 5.41) is 8.54. The predicted molar refractivity (Wildman–Crippen MR) is 215 cm³/mol. The third kappa shape index (κ3) is 13.5. The number of nitrogen functional groups attached to an aromatic ring is 1. The Morgan fingerprint density at radius 1 is 0.846 bits per heavy atom. The SMILES string of the molecule is CC(C)(C)OC(=O)n1cc(-c2ccc(N)cc2)cn1.CC(C)(C)OC(=O)n1cc(-c2ccc(N3CCC(Br)C3=O)cc2)cn1.O=C(Cl)C(Br)CCBr. The van der Waals surface area contributed by atoms with Crippen LogP contribution in [0.4, 0.5) is 21.0 Å². The summed E-state index contributed by atoms with van der Waals surface area (Å²) in [7, 11) is 0. The highest BCUT2D eigenvalue weighted by atomic mass is 79.9. The van der Waals surface area contributed by atoms with Crippen LogP contribution >= 0.6 is 59.4 Å². The summed E-state index contributed by atoms with van der Waals surface area (Å²) in [6, 6.07) is 15.0. The van der Waals surface area contributed by atoms with Gasteiger partial charge in [-0.3, -0.25) is 9.59 Å². The Morgan fingerprint density at radius 2 is 1.29 bits per heavy atom. The first kappa shape index (κ1) is 42.9. The van der Waals surface area contributed by atoms with E-state index in [-0.39, 0.29) is 20.8 Å². The highest BCUT2D eigenvalue weighted by Crippen LogP contribution is 2.28. The molecule has 52 heavy (non-hydrogen) atoms. The molecule has 3 heterocycles. The number of hydrogen-bond acceptors (Lipinski definition) is 9. The van der Waals surface area contributed by atoms with Gasteiger partial charge in [0.1, 0.15) is 11.2 Å². The molecule has 1 aliphatic rings. The fourth-order valence-corrected chi connectivity index (χ4v) is 6.24. The average molecular weight is 930 g/mol. The highest BCUT2D eigenvalue weighted by Gasteiger charge is 2.30. The second kappa shape index (κ2) is 19.0. The first-order valence-electron chi connectivity index (χ1n) is 16.1. The number of halogens is 4. The lowest BCUT2D eigenvalue weighted by molar-refractivity contribution is -0.116. The number of alkyl halides is 3. The molecule has 1 fully saturated rings. The Kier molecular flexibility index (Phi) is 15.7. The molecule has 1 saturated heterocycles. The number of anilines is 2. The van der Waals surface area contributed by atoms with Crippen LogP contribution < -0.4 is 10.6 Å². The number of amides is 1. The van der Waals surface area contributed by atoms with Crippen LogP contribution in [0.3, 0.4) is 0 Å². The molecule has 0 saturated carbocycles. The van der Waals surface area contributed by atoms with E-state index in [0.717, 1.165) is 46.1 Å². The molecule has 2 unspecified atom stereocenters. The quantitative estimate of drug-likeness (QED) is 0.113. The Labute approximate surface area is 333 Å². The summed E-state index contributed by atoms with van der Waals surface area (Å²) in [5.41, 5.74) is 9.61. The molecule has 16 heteroatoms. The van der Waals surface area contributed by atoms with Gasteiger partial charge in [-0.25, -0.2) is 9.59 Å². The molecule has 1 aliphatic heterocycles. The fraction of sp³-hybridized carbons (Fsp3) is 0.389. The van der Waals surface area contributed by atoms with Crippen molar-refractivity contribution in [3.63, 3.8) is 0 Å². The van der Waals surface area contributed by atoms with Gasteiger partial charge in [0.2, 0.25) is 11.1 Å². The summed E-state index contributed by atoms with van der Waals surface area (Å²) in [6.07, 6.45) is 7.06. The van der Waals surface area contributed by atoms with Crippen LogP contribution in [0.25, 0.3) is 22.3 Å². The van der Waals surface area contributed by atoms with Crippen molar-refractivity contribution in [3.8, 4) is 22.3 Å². The normalized spacial score (nSPS) is 14.8. The van der Waals surface area contributed by atoms with Crippen molar-refractivity contribution in [2.45, 2.75) is 75.2 Å². The number of rotatable bonds is 6. The number of hydrogen-bond donors (Lipinski definition) is 1. The van der Waals surface area contributed by atoms with E-state index in [4.69, 9.17) is 26.8 Å². The van der Waals surface area contributed by atoms with Crippen LogP contribution in [-0.4, -0.2) is 75.6 Å². The van der Waals surface area contributed by atoms with Crippen LogP contribution in [0.2, 0.25) is 0 Å². The van der Waals surface area contributed by atoms with Crippen molar-refractivity contribution in [3.05, 3.63) is 73.3 Å². The minimum absolute atomic E-state index is 0.0884. The van der Waals surface area contributed by atoms with Crippen molar-refractivity contribution in [1.29, 1.82) is 0 Å². The summed E-state index contributed by atoms with van der Waals surface area (Å²) in [4.78, 5) is 47.6. The number of carbonyl (C=O) groups is 4. The number of nitrogens with zero attached hydrogens (tertiary/aromatic N) is 5. The van der Waals surface area contributed by atoms with Gasteiger partial charge in [-0.15, -0.1) is 0 Å². The van der Waals surface area contributed by atoms with Crippen molar-refractivity contribution in [1.82, 2.24) is 19.6 Å². The first-order valence-corrected chi connectivity index (χ1v) is 19.5. The van der Waals surface area contributed by atoms with Gasteiger partial charge in [-0.2, -0.15) is 19.6 Å². The molecule has 2 atom stereocenters. The number of nitrogens with two attached hydrogens (primary N) is 1. The fourth-order valence-electron chi connectivity index (χ4n) is 4.38. The molecule has 0 spiro atoms. The van der Waals surface area contributed by atoms with Gasteiger partial charge in [0, 0.05) is 46.8 Å². The zero-order valence-corrected chi connectivity index (χ0v) is 35.2. The number of ether oxygens (including phenoxy) is 2. The van der Waals surface area contributed by atoms with E-state index in [0.29, 0.717) is 12.2 Å². The lowest BCUT2D eigenvalue weighted by Crippen LogP contribution is -2.27. The molecule has 12 nitrogen and oxygen atoms in total. The Bertz CT molecular complexity index is 1820. The van der Waals surface area contributed by atoms with Crippen LogP contribution in [0.15, 0.2) is 73.3 Å². The Hall–Kier alpha value is -3.53.